The van der Waals surface area contributed by atoms with Gasteiger partial charge in [0.25, 0.3) is 0 Å². The minimum atomic E-state index is -4.70. The van der Waals surface area contributed by atoms with Crippen LogP contribution in [-0.2, 0) is 11.3 Å². The second-order valence-electron chi connectivity index (χ2n) is 4.66. The van der Waals surface area contributed by atoms with E-state index in [-0.39, 0.29) is 24.1 Å². The molecule has 1 amide bonds. The molecule has 0 aliphatic carbocycles. The summed E-state index contributed by atoms with van der Waals surface area (Å²) in [6.07, 6.45) is -4.75. The Balaban J connectivity index is 2.73. The van der Waals surface area contributed by atoms with Crippen molar-refractivity contribution in [3.8, 4) is 0 Å². The highest BCUT2D eigenvalue weighted by atomic mass is 19.4. The predicted octanol–water partition coefficient (Wildman–Crippen LogP) is 1.95. The van der Waals surface area contributed by atoms with Crippen molar-refractivity contribution >= 4 is 5.91 Å². The zero-order chi connectivity index (χ0) is 14.8. The van der Waals surface area contributed by atoms with Crippen LogP contribution in [0, 0.1) is 0 Å². The van der Waals surface area contributed by atoms with Crippen LogP contribution in [-0.4, -0.2) is 39.7 Å². The SMILES string of the molecule is CC(C)N(C)C(=O)Cn1ccc(C(O)C(F)(F)F)c1. The molecule has 0 saturated heterocycles. The van der Waals surface area contributed by atoms with Gasteiger partial charge in [-0.3, -0.25) is 4.79 Å². The van der Waals surface area contributed by atoms with E-state index < -0.39 is 12.3 Å². The lowest BCUT2D eigenvalue weighted by atomic mass is 10.2. The minimum Gasteiger partial charge on any atom is -0.379 e. The van der Waals surface area contributed by atoms with Crippen LogP contribution < -0.4 is 0 Å². The van der Waals surface area contributed by atoms with Gasteiger partial charge < -0.3 is 14.6 Å². The topological polar surface area (TPSA) is 45.5 Å². The number of aromatic nitrogens is 1. The Kier molecular flexibility index (Phi) is 4.62. The number of alkyl halides is 3. The molecule has 0 radical (unpaired) electrons. The maximum atomic E-state index is 12.3. The summed E-state index contributed by atoms with van der Waals surface area (Å²) >= 11 is 0. The lowest BCUT2D eigenvalue weighted by Gasteiger charge is -2.21. The van der Waals surface area contributed by atoms with Crippen molar-refractivity contribution in [2.45, 2.75) is 38.7 Å². The van der Waals surface area contributed by atoms with E-state index in [1.807, 2.05) is 13.8 Å². The molecule has 7 heteroatoms. The van der Waals surface area contributed by atoms with E-state index in [0.29, 0.717) is 0 Å². The van der Waals surface area contributed by atoms with Crippen molar-refractivity contribution < 1.29 is 23.1 Å². The molecule has 19 heavy (non-hydrogen) atoms. The minimum absolute atomic E-state index is 0.0169. The normalized spacial score (nSPS) is 13.7. The largest absolute Gasteiger partial charge is 0.418 e. The molecule has 1 heterocycles. The van der Waals surface area contributed by atoms with Crippen molar-refractivity contribution in [3.05, 3.63) is 24.0 Å². The monoisotopic (exact) mass is 278 g/mol. The summed E-state index contributed by atoms with van der Waals surface area (Å²) in [7, 11) is 1.63. The number of rotatable bonds is 4. The van der Waals surface area contributed by atoms with Crippen molar-refractivity contribution in [1.82, 2.24) is 9.47 Å². The zero-order valence-electron chi connectivity index (χ0n) is 11.0. The molecular formula is C12H17F3N2O2. The fourth-order valence-electron chi connectivity index (χ4n) is 1.46. The molecule has 1 N–H and O–H groups in total. The molecular weight excluding hydrogens is 261 g/mol. The third-order valence-electron chi connectivity index (χ3n) is 2.88. The van der Waals surface area contributed by atoms with Crippen LogP contribution in [0.5, 0.6) is 0 Å². The molecule has 0 saturated carbocycles. The number of likely N-dealkylation sites (N-methyl/N-ethyl adjacent to an activating group) is 1. The average Bonchev–Trinajstić information content (AvgIpc) is 2.73. The second kappa shape index (κ2) is 5.64. The smallest absolute Gasteiger partial charge is 0.379 e. The lowest BCUT2D eigenvalue weighted by molar-refractivity contribution is -0.206. The Labute approximate surface area is 109 Å². The molecule has 1 aromatic rings. The first-order valence-corrected chi connectivity index (χ1v) is 5.79. The van der Waals surface area contributed by atoms with Gasteiger partial charge in [-0.1, -0.05) is 0 Å². The van der Waals surface area contributed by atoms with Crippen molar-refractivity contribution in [1.29, 1.82) is 0 Å². The highest BCUT2D eigenvalue weighted by molar-refractivity contribution is 5.76. The molecule has 108 valence electrons. The van der Waals surface area contributed by atoms with Gasteiger partial charge in [-0.05, 0) is 19.9 Å². The summed E-state index contributed by atoms with van der Waals surface area (Å²) in [5, 5.41) is 9.07. The average molecular weight is 278 g/mol. The first kappa shape index (κ1) is 15.6. The summed E-state index contributed by atoms with van der Waals surface area (Å²) < 4.78 is 38.2. The number of carbonyl (C=O) groups excluding carboxylic acids is 1. The Morgan fingerprint density at radius 2 is 2.05 bits per heavy atom. The molecule has 1 atom stereocenters. The van der Waals surface area contributed by atoms with Gasteiger partial charge in [0, 0.05) is 31.0 Å². The molecule has 1 rings (SSSR count). The number of amides is 1. The van der Waals surface area contributed by atoms with Gasteiger partial charge in [0.05, 0.1) is 0 Å². The van der Waals surface area contributed by atoms with E-state index in [1.165, 1.54) is 15.7 Å². The quantitative estimate of drug-likeness (QED) is 0.915. The van der Waals surface area contributed by atoms with Crippen molar-refractivity contribution in [3.63, 3.8) is 0 Å². The van der Waals surface area contributed by atoms with Gasteiger partial charge in [0.1, 0.15) is 6.54 Å². The number of carbonyl (C=O) groups is 1. The lowest BCUT2D eigenvalue weighted by Crippen LogP contribution is -2.35. The molecule has 0 aliphatic rings. The van der Waals surface area contributed by atoms with Gasteiger partial charge >= 0.3 is 6.18 Å². The van der Waals surface area contributed by atoms with Crippen LogP contribution in [0.25, 0.3) is 0 Å². The van der Waals surface area contributed by atoms with E-state index in [4.69, 9.17) is 5.11 Å². The molecule has 0 aromatic carbocycles. The number of nitrogens with zero attached hydrogens (tertiary/aromatic N) is 2. The van der Waals surface area contributed by atoms with E-state index >= 15 is 0 Å². The first-order chi connectivity index (χ1) is 8.62. The Morgan fingerprint density at radius 3 is 2.53 bits per heavy atom. The van der Waals surface area contributed by atoms with Gasteiger partial charge in [0.15, 0.2) is 6.10 Å². The number of aliphatic hydroxyl groups excluding tert-OH is 1. The Hall–Kier alpha value is -1.50. The van der Waals surface area contributed by atoms with Crippen molar-refractivity contribution in [2.75, 3.05) is 7.05 Å². The first-order valence-electron chi connectivity index (χ1n) is 5.79. The molecule has 1 aromatic heterocycles. The van der Waals surface area contributed by atoms with E-state index in [0.717, 1.165) is 12.3 Å². The molecule has 0 bridgehead atoms. The number of hydrogen-bond acceptors (Lipinski definition) is 2. The maximum absolute atomic E-state index is 12.3. The molecule has 4 nitrogen and oxygen atoms in total. The van der Waals surface area contributed by atoms with Crippen molar-refractivity contribution in [2.24, 2.45) is 0 Å². The van der Waals surface area contributed by atoms with Crippen LogP contribution in [0.1, 0.15) is 25.5 Å². The van der Waals surface area contributed by atoms with Crippen LogP contribution >= 0.6 is 0 Å². The third kappa shape index (κ3) is 3.99. The van der Waals surface area contributed by atoms with Crippen LogP contribution in [0.2, 0.25) is 0 Å². The van der Waals surface area contributed by atoms with Crippen LogP contribution in [0.15, 0.2) is 18.5 Å². The van der Waals surface area contributed by atoms with Gasteiger partial charge in [0.2, 0.25) is 5.91 Å². The second-order valence-corrected chi connectivity index (χ2v) is 4.66. The molecule has 0 spiro atoms. The Bertz CT molecular complexity index is 440. The number of aliphatic hydroxyl groups is 1. The molecule has 0 aliphatic heterocycles. The Morgan fingerprint density at radius 1 is 1.47 bits per heavy atom. The third-order valence-corrected chi connectivity index (χ3v) is 2.88. The van der Waals surface area contributed by atoms with Crippen LogP contribution in [0.3, 0.4) is 0 Å². The highest BCUT2D eigenvalue weighted by Crippen LogP contribution is 2.32. The number of halogens is 3. The van der Waals surface area contributed by atoms with E-state index in [9.17, 15) is 18.0 Å². The number of hydrogen-bond donors (Lipinski definition) is 1. The van der Waals surface area contributed by atoms with Crippen LogP contribution in [0.4, 0.5) is 13.2 Å². The van der Waals surface area contributed by atoms with E-state index in [2.05, 4.69) is 0 Å². The summed E-state index contributed by atoms with van der Waals surface area (Å²) in [5.74, 6) is -0.210. The predicted molar refractivity (Wildman–Crippen MR) is 63.4 cm³/mol. The summed E-state index contributed by atoms with van der Waals surface area (Å²) in [6, 6.07) is 1.17. The molecule has 0 fully saturated rings. The van der Waals surface area contributed by atoms with Gasteiger partial charge in [-0.25, -0.2) is 0 Å². The van der Waals surface area contributed by atoms with Gasteiger partial charge in [-0.15, -0.1) is 0 Å². The summed E-state index contributed by atoms with van der Waals surface area (Å²) in [5.41, 5.74) is -0.271. The molecule has 1 unspecified atom stereocenters. The summed E-state index contributed by atoms with van der Waals surface area (Å²) in [6.45, 7) is 3.62. The fraction of sp³-hybridized carbons (Fsp3) is 0.583. The fourth-order valence-corrected chi connectivity index (χ4v) is 1.46. The summed E-state index contributed by atoms with van der Waals surface area (Å²) in [4.78, 5) is 13.3. The highest BCUT2D eigenvalue weighted by Gasteiger charge is 2.39. The maximum Gasteiger partial charge on any atom is 0.418 e. The standard InChI is InChI=1S/C12H17F3N2O2/c1-8(2)16(3)10(18)7-17-5-4-9(6-17)11(19)12(13,14)15/h4-6,8,11,19H,7H2,1-3H3. The zero-order valence-corrected chi connectivity index (χ0v) is 11.0. The van der Waals surface area contributed by atoms with Gasteiger partial charge in [-0.2, -0.15) is 13.2 Å². The van der Waals surface area contributed by atoms with E-state index in [1.54, 1.807) is 7.05 Å².